The quantitative estimate of drug-likeness (QED) is 0.771. The zero-order chi connectivity index (χ0) is 12.3. The van der Waals surface area contributed by atoms with Crippen LogP contribution >= 0.6 is 11.3 Å². The maximum absolute atomic E-state index is 11.6. The highest BCUT2D eigenvalue weighted by Crippen LogP contribution is 2.36. The smallest absolute Gasteiger partial charge is 0.314 e. The van der Waals surface area contributed by atoms with Crippen LogP contribution in [0.2, 0.25) is 0 Å². The summed E-state index contributed by atoms with van der Waals surface area (Å²) in [6.07, 6.45) is 5.88. The molecule has 1 aliphatic carbocycles. The summed E-state index contributed by atoms with van der Waals surface area (Å²) in [5.41, 5.74) is 0.895. The Morgan fingerprint density at radius 2 is 2.29 bits per heavy atom. The Hall–Kier alpha value is -0.900. The van der Waals surface area contributed by atoms with Crippen LogP contribution in [-0.2, 0) is 9.53 Å². The van der Waals surface area contributed by atoms with Crippen molar-refractivity contribution in [1.82, 2.24) is 4.98 Å². The molecule has 0 aliphatic heterocycles. The van der Waals surface area contributed by atoms with Crippen molar-refractivity contribution in [2.75, 3.05) is 7.11 Å². The number of methoxy groups -OCH3 is 1. The minimum atomic E-state index is -0.189. The van der Waals surface area contributed by atoms with Crippen LogP contribution in [0.25, 0.3) is 0 Å². The van der Waals surface area contributed by atoms with Gasteiger partial charge in [-0.3, -0.25) is 4.79 Å². The fourth-order valence-electron chi connectivity index (χ4n) is 2.46. The van der Waals surface area contributed by atoms with Gasteiger partial charge in [-0.2, -0.15) is 0 Å². The van der Waals surface area contributed by atoms with Gasteiger partial charge in [0.15, 0.2) is 0 Å². The van der Waals surface area contributed by atoms with Crippen molar-refractivity contribution in [3.8, 4) is 0 Å². The van der Waals surface area contributed by atoms with E-state index in [4.69, 9.17) is 4.74 Å². The predicted octanol–water partition coefficient (Wildman–Crippen LogP) is 3.47. The molecule has 0 amide bonds. The lowest BCUT2D eigenvalue weighted by atomic mass is 10.0. The summed E-state index contributed by atoms with van der Waals surface area (Å²) in [4.78, 5) is 16.3. The van der Waals surface area contributed by atoms with Crippen molar-refractivity contribution in [3.05, 3.63) is 16.1 Å². The van der Waals surface area contributed by atoms with Crippen LogP contribution < -0.4 is 0 Å². The molecule has 0 bridgehead atoms. The molecule has 1 fully saturated rings. The molecule has 0 N–H and O–H groups in total. The number of carbonyl (C=O) groups is 1. The number of aromatic nitrogens is 1. The number of ether oxygens (including phenoxy) is 1. The second-order valence-corrected chi connectivity index (χ2v) is 5.47. The SMILES string of the molecule is CCC(C(=O)OC)c1csc(C2CCCC2)n1. The van der Waals surface area contributed by atoms with E-state index in [1.54, 1.807) is 11.3 Å². The summed E-state index contributed by atoms with van der Waals surface area (Å²) in [7, 11) is 1.44. The largest absolute Gasteiger partial charge is 0.469 e. The molecule has 3 nitrogen and oxygen atoms in total. The number of carbonyl (C=O) groups excluding carboxylic acids is 1. The van der Waals surface area contributed by atoms with E-state index < -0.39 is 0 Å². The molecule has 94 valence electrons. The Bertz CT molecular complexity index is 383. The van der Waals surface area contributed by atoms with Gasteiger partial charge in [-0.1, -0.05) is 19.8 Å². The summed E-state index contributed by atoms with van der Waals surface area (Å²) in [5, 5.41) is 3.23. The minimum Gasteiger partial charge on any atom is -0.469 e. The molecule has 0 spiro atoms. The molecular weight excluding hydrogens is 234 g/mol. The standard InChI is InChI=1S/C13H19NO2S/c1-3-10(13(15)16-2)11-8-17-12(14-11)9-6-4-5-7-9/h8-10H,3-7H2,1-2H3. The average molecular weight is 253 g/mol. The summed E-state index contributed by atoms with van der Waals surface area (Å²) >= 11 is 1.70. The van der Waals surface area contributed by atoms with Crippen LogP contribution in [0.3, 0.4) is 0 Å². The predicted molar refractivity (Wildman–Crippen MR) is 68.4 cm³/mol. The lowest BCUT2D eigenvalue weighted by molar-refractivity contribution is -0.142. The van der Waals surface area contributed by atoms with Crippen molar-refractivity contribution in [2.45, 2.75) is 50.9 Å². The lowest BCUT2D eigenvalue weighted by Gasteiger charge is -2.09. The van der Waals surface area contributed by atoms with Gasteiger partial charge in [-0.25, -0.2) is 4.98 Å². The highest BCUT2D eigenvalue weighted by atomic mass is 32.1. The molecule has 0 saturated heterocycles. The summed E-state index contributed by atoms with van der Waals surface area (Å²) in [6, 6.07) is 0. The van der Waals surface area contributed by atoms with E-state index in [2.05, 4.69) is 4.98 Å². The molecule has 1 aliphatic rings. The molecule has 1 saturated carbocycles. The van der Waals surface area contributed by atoms with Crippen molar-refractivity contribution >= 4 is 17.3 Å². The second-order valence-electron chi connectivity index (χ2n) is 4.58. The van der Waals surface area contributed by atoms with Crippen LogP contribution in [0.1, 0.15) is 61.6 Å². The maximum Gasteiger partial charge on any atom is 0.314 e. The van der Waals surface area contributed by atoms with Gasteiger partial charge in [0.1, 0.15) is 0 Å². The van der Waals surface area contributed by atoms with Crippen molar-refractivity contribution < 1.29 is 9.53 Å². The third kappa shape index (κ3) is 2.68. The van der Waals surface area contributed by atoms with E-state index in [9.17, 15) is 4.79 Å². The Morgan fingerprint density at radius 3 is 2.88 bits per heavy atom. The summed E-state index contributed by atoms with van der Waals surface area (Å²) in [5.74, 6) is 0.270. The van der Waals surface area contributed by atoms with Gasteiger partial charge in [0.25, 0.3) is 0 Å². The Morgan fingerprint density at radius 1 is 1.59 bits per heavy atom. The summed E-state index contributed by atoms with van der Waals surface area (Å²) < 4.78 is 4.82. The van der Waals surface area contributed by atoms with Gasteiger partial charge in [-0.15, -0.1) is 11.3 Å². The molecule has 17 heavy (non-hydrogen) atoms. The normalized spacial score (nSPS) is 18.2. The fourth-order valence-corrected chi connectivity index (χ4v) is 3.50. The first kappa shape index (κ1) is 12.6. The fraction of sp³-hybridized carbons (Fsp3) is 0.692. The molecule has 0 radical (unpaired) electrons. The molecule has 1 aromatic heterocycles. The highest BCUT2D eigenvalue weighted by Gasteiger charge is 2.25. The Kier molecular flexibility index (Phi) is 4.15. The van der Waals surface area contributed by atoms with E-state index in [-0.39, 0.29) is 11.9 Å². The van der Waals surface area contributed by atoms with E-state index in [1.807, 2.05) is 12.3 Å². The van der Waals surface area contributed by atoms with Gasteiger partial charge in [0.2, 0.25) is 0 Å². The van der Waals surface area contributed by atoms with E-state index in [0.717, 1.165) is 12.1 Å². The van der Waals surface area contributed by atoms with Crippen LogP contribution in [0, 0.1) is 0 Å². The third-order valence-electron chi connectivity index (χ3n) is 3.50. The molecule has 2 rings (SSSR count). The lowest BCUT2D eigenvalue weighted by Crippen LogP contribution is -2.13. The third-order valence-corrected chi connectivity index (χ3v) is 4.52. The van der Waals surface area contributed by atoms with Crippen LogP contribution in [0.5, 0.6) is 0 Å². The Labute approximate surface area is 106 Å². The molecule has 1 unspecified atom stereocenters. The highest BCUT2D eigenvalue weighted by molar-refractivity contribution is 7.09. The zero-order valence-electron chi connectivity index (χ0n) is 10.4. The van der Waals surface area contributed by atoms with Crippen molar-refractivity contribution in [1.29, 1.82) is 0 Å². The molecule has 1 atom stereocenters. The number of hydrogen-bond donors (Lipinski definition) is 0. The first-order chi connectivity index (χ1) is 8.26. The van der Waals surface area contributed by atoms with E-state index >= 15 is 0 Å². The number of hydrogen-bond acceptors (Lipinski definition) is 4. The number of esters is 1. The monoisotopic (exact) mass is 253 g/mol. The minimum absolute atomic E-state index is 0.171. The van der Waals surface area contributed by atoms with Gasteiger partial charge < -0.3 is 4.74 Å². The van der Waals surface area contributed by atoms with Crippen LogP contribution in [0.15, 0.2) is 5.38 Å². The molecule has 1 aromatic rings. The number of rotatable bonds is 4. The summed E-state index contributed by atoms with van der Waals surface area (Å²) in [6.45, 7) is 2.00. The van der Waals surface area contributed by atoms with Gasteiger partial charge in [0, 0.05) is 11.3 Å². The molecular formula is C13H19NO2S. The van der Waals surface area contributed by atoms with Crippen LogP contribution in [0.4, 0.5) is 0 Å². The topological polar surface area (TPSA) is 39.2 Å². The molecule has 1 heterocycles. The van der Waals surface area contributed by atoms with Crippen LogP contribution in [-0.4, -0.2) is 18.1 Å². The number of nitrogens with zero attached hydrogens (tertiary/aromatic N) is 1. The first-order valence-corrected chi connectivity index (χ1v) is 7.17. The first-order valence-electron chi connectivity index (χ1n) is 6.29. The maximum atomic E-state index is 11.6. The van der Waals surface area contributed by atoms with Gasteiger partial charge in [-0.05, 0) is 19.3 Å². The van der Waals surface area contributed by atoms with Crippen molar-refractivity contribution in [3.63, 3.8) is 0 Å². The Balaban J connectivity index is 2.13. The molecule has 0 aromatic carbocycles. The van der Waals surface area contributed by atoms with E-state index in [0.29, 0.717) is 5.92 Å². The zero-order valence-corrected chi connectivity index (χ0v) is 11.3. The second kappa shape index (κ2) is 5.63. The van der Waals surface area contributed by atoms with E-state index in [1.165, 1.54) is 37.8 Å². The van der Waals surface area contributed by atoms with Gasteiger partial charge in [0.05, 0.1) is 23.7 Å². The number of thiazole rings is 1. The molecule has 4 heteroatoms. The van der Waals surface area contributed by atoms with Crippen molar-refractivity contribution in [2.24, 2.45) is 0 Å². The average Bonchev–Trinajstić information content (AvgIpc) is 2.99. The van der Waals surface area contributed by atoms with Gasteiger partial charge >= 0.3 is 5.97 Å².